The molecule has 0 unspecified atom stereocenters. The van der Waals surface area contributed by atoms with Crippen molar-refractivity contribution >= 4 is 18.4 Å². The standard InChI is InChI=1S/C10H11F2NO3.ClH/c1-4-2-3-5(10(15)16)6(8(4)14)7(13)9(11)12;/h2-3,7,9,14H,13H2,1H3,(H,15,16);1H/t7-;/m0./s1. The van der Waals surface area contributed by atoms with Crippen LogP contribution in [0, 0.1) is 6.92 Å². The van der Waals surface area contributed by atoms with Gasteiger partial charge in [0.25, 0.3) is 6.43 Å². The zero-order valence-corrected chi connectivity index (χ0v) is 9.67. The number of phenolic OH excluding ortho intramolecular Hbond substituents is 1. The van der Waals surface area contributed by atoms with Gasteiger partial charge in [-0.3, -0.25) is 0 Å². The van der Waals surface area contributed by atoms with E-state index >= 15 is 0 Å². The van der Waals surface area contributed by atoms with Crippen LogP contribution in [0.3, 0.4) is 0 Å². The minimum absolute atomic E-state index is 0. The molecule has 1 aromatic rings. The Labute approximate surface area is 102 Å². The highest BCUT2D eigenvalue weighted by Crippen LogP contribution is 2.32. The van der Waals surface area contributed by atoms with E-state index in [9.17, 15) is 18.7 Å². The fourth-order valence-corrected chi connectivity index (χ4v) is 1.37. The number of benzene rings is 1. The molecule has 96 valence electrons. The van der Waals surface area contributed by atoms with Crippen LogP contribution in [0.25, 0.3) is 0 Å². The highest BCUT2D eigenvalue weighted by molar-refractivity contribution is 5.90. The van der Waals surface area contributed by atoms with E-state index in [0.29, 0.717) is 5.56 Å². The lowest BCUT2D eigenvalue weighted by Gasteiger charge is -2.16. The SMILES string of the molecule is Cc1ccc(C(=O)O)c([C@H](N)C(F)F)c1O.Cl. The quantitative estimate of drug-likeness (QED) is 0.783. The van der Waals surface area contributed by atoms with Gasteiger partial charge in [0, 0.05) is 5.56 Å². The Bertz CT molecular complexity index is 426. The van der Waals surface area contributed by atoms with Gasteiger partial charge in [0.15, 0.2) is 0 Å². The van der Waals surface area contributed by atoms with Crippen LogP contribution in [0.5, 0.6) is 5.75 Å². The monoisotopic (exact) mass is 267 g/mol. The topological polar surface area (TPSA) is 83.5 Å². The van der Waals surface area contributed by atoms with Gasteiger partial charge in [-0.05, 0) is 18.6 Å². The lowest BCUT2D eigenvalue weighted by atomic mass is 9.97. The first-order valence-electron chi connectivity index (χ1n) is 4.45. The van der Waals surface area contributed by atoms with E-state index in [1.54, 1.807) is 0 Å². The zero-order chi connectivity index (χ0) is 12.5. The summed E-state index contributed by atoms with van der Waals surface area (Å²) in [5.41, 5.74) is 4.64. The first kappa shape index (κ1) is 15.6. The lowest BCUT2D eigenvalue weighted by Crippen LogP contribution is -2.22. The summed E-state index contributed by atoms with van der Waals surface area (Å²) in [6.07, 6.45) is -2.94. The summed E-state index contributed by atoms with van der Waals surface area (Å²) in [7, 11) is 0. The van der Waals surface area contributed by atoms with E-state index in [1.165, 1.54) is 13.0 Å². The van der Waals surface area contributed by atoms with Gasteiger partial charge in [0.2, 0.25) is 0 Å². The molecule has 1 rings (SSSR count). The highest BCUT2D eigenvalue weighted by Gasteiger charge is 2.27. The van der Waals surface area contributed by atoms with Crippen LogP contribution in [-0.4, -0.2) is 22.6 Å². The molecule has 4 N–H and O–H groups in total. The van der Waals surface area contributed by atoms with Crippen LogP contribution in [-0.2, 0) is 0 Å². The van der Waals surface area contributed by atoms with Gasteiger partial charge in [-0.25, -0.2) is 13.6 Å². The minimum atomic E-state index is -2.94. The molecule has 0 radical (unpaired) electrons. The van der Waals surface area contributed by atoms with E-state index in [2.05, 4.69) is 0 Å². The minimum Gasteiger partial charge on any atom is -0.507 e. The normalized spacial score (nSPS) is 12.1. The van der Waals surface area contributed by atoms with Crippen LogP contribution in [0.2, 0.25) is 0 Å². The number of hydrogen-bond donors (Lipinski definition) is 3. The number of halogens is 3. The molecule has 17 heavy (non-hydrogen) atoms. The number of aromatic hydroxyl groups is 1. The first-order valence-corrected chi connectivity index (χ1v) is 4.45. The van der Waals surface area contributed by atoms with Gasteiger partial charge in [0.1, 0.15) is 5.75 Å². The predicted molar refractivity (Wildman–Crippen MR) is 60.0 cm³/mol. The largest absolute Gasteiger partial charge is 0.507 e. The fourth-order valence-electron chi connectivity index (χ4n) is 1.37. The van der Waals surface area contributed by atoms with Crippen molar-refractivity contribution in [3.63, 3.8) is 0 Å². The van der Waals surface area contributed by atoms with E-state index in [4.69, 9.17) is 10.8 Å². The Morgan fingerprint density at radius 1 is 1.41 bits per heavy atom. The summed E-state index contributed by atoms with van der Waals surface area (Å²) in [6, 6.07) is 0.668. The van der Waals surface area contributed by atoms with Crippen molar-refractivity contribution in [1.29, 1.82) is 0 Å². The van der Waals surface area contributed by atoms with Gasteiger partial charge in [-0.15, -0.1) is 12.4 Å². The maximum atomic E-state index is 12.4. The summed E-state index contributed by atoms with van der Waals surface area (Å²) >= 11 is 0. The molecule has 0 bridgehead atoms. The Hall–Kier alpha value is -1.40. The maximum Gasteiger partial charge on any atom is 0.336 e. The predicted octanol–water partition coefficient (Wildman–Crippen LogP) is 2.09. The van der Waals surface area contributed by atoms with Crippen LogP contribution in [0.4, 0.5) is 8.78 Å². The molecule has 0 aromatic heterocycles. The molecule has 1 atom stereocenters. The average molecular weight is 268 g/mol. The first-order chi connectivity index (χ1) is 7.36. The van der Waals surface area contributed by atoms with Gasteiger partial charge in [0.05, 0.1) is 11.6 Å². The fraction of sp³-hybridized carbons (Fsp3) is 0.300. The molecule has 0 aliphatic carbocycles. The van der Waals surface area contributed by atoms with Crippen LogP contribution in [0.15, 0.2) is 12.1 Å². The van der Waals surface area contributed by atoms with Crippen molar-refractivity contribution in [3.8, 4) is 5.75 Å². The van der Waals surface area contributed by atoms with Crippen molar-refractivity contribution in [1.82, 2.24) is 0 Å². The molecule has 0 fully saturated rings. The van der Waals surface area contributed by atoms with Gasteiger partial charge >= 0.3 is 5.97 Å². The molecule has 0 saturated carbocycles. The van der Waals surface area contributed by atoms with Crippen LogP contribution in [0.1, 0.15) is 27.5 Å². The van der Waals surface area contributed by atoms with E-state index in [-0.39, 0.29) is 12.4 Å². The number of alkyl halides is 2. The van der Waals surface area contributed by atoms with Crippen LogP contribution >= 0.6 is 12.4 Å². The van der Waals surface area contributed by atoms with E-state index < -0.39 is 35.3 Å². The van der Waals surface area contributed by atoms with Gasteiger partial charge in [-0.2, -0.15) is 0 Å². The summed E-state index contributed by atoms with van der Waals surface area (Å²) in [5, 5.41) is 18.4. The third-order valence-electron chi connectivity index (χ3n) is 2.25. The molecule has 7 heteroatoms. The second-order valence-electron chi connectivity index (χ2n) is 3.36. The summed E-state index contributed by atoms with van der Waals surface area (Å²) in [5.74, 6) is -1.89. The Balaban J connectivity index is 0.00000256. The third-order valence-corrected chi connectivity index (χ3v) is 2.25. The number of nitrogens with two attached hydrogens (primary N) is 1. The smallest absolute Gasteiger partial charge is 0.336 e. The van der Waals surface area contributed by atoms with Crippen molar-refractivity contribution in [3.05, 3.63) is 28.8 Å². The Morgan fingerprint density at radius 3 is 2.35 bits per heavy atom. The average Bonchev–Trinajstić information content (AvgIpc) is 2.20. The number of aryl methyl sites for hydroxylation is 1. The van der Waals surface area contributed by atoms with Crippen LogP contribution < -0.4 is 5.73 Å². The number of carbonyl (C=O) groups is 1. The summed E-state index contributed by atoms with van der Waals surface area (Å²) in [6.45, 7) is 1.47. The highest BCUT2D eigenvalue weighted by atomic mass is 35.5. The molecule has 4 nitrogen and oxygen atoms in total. The molecule has 0 spiro atoms. The zero-order valence-electron chi connectivity index (χ0n) is 8.85. The second-order valence-corrected chi connectivity index (χ2v) is 3.36. The lowest BCUT2D eigenvalue weighted by molar-refractivity contribution is 0.0690. The van der Waals surface area contributed by atoms with E-state index in [1.807, 2.05) is 0 Å². The van der Waals surface area contributed by atoms with Crippen molar-refractivity contribution in [2.75, 3.05) is 0 Å². The van der Waals surface area contributed by atoms with Gasteiger partial charge in [-0.1, -0.05) is 6.07 Å². The number of hydrogen-bond acceptors (Lipinski definition) is 3. The number of carboxylic acid groups (broad SMARTS) is 1. The van der Waals surface area contributed by atoms with Crippen molar-refractivity contribution < 1.29 is 23.8 Å². The van der Waals surface area contributed by atoms with E-state index in [0.717, 1.165) is 6.07 Å². The second kappa shape index (κ2) is 5.79. The summed E-state index contributed by atoms with van der Waals surface area (Å²) < 4.78 is 24.9. The molecule has 0 aliphatic rings. The molecule has 0 saturated heterocycles. The van der Waals surface area contributed by atoms with Gasteiger partial charge < -0.3 is 15.9 Å². The molecular formula is C10H12ClF2NO3. The number of aromatic carboxylic acids is 1. The Kier molecular flexibility index (Phi) is 5.31. The molecular weight excluding hydrogens is 256 g/mol. The third kappa shape index (κ3) is 3.04. The maximum absolute atomic E-state index is 12.4. The summed E-state index contributed by atoms with van der Waals surface area (Å²) in [4.78, 5) is 10.8. The molecule has 0 heterocycles. The number of phenols is 1. The molecule has 0 aliphatic heterocycles. The number of rotatable bonds is 3. The Morgan fingerprint density at radius 2 is 1.94 bits per heavy atom. The van der Waals surface area contributed by atoms with Crippen molar-refractivity contribution in [2.24, 2.45) is 5.73 Å². The van der Waals surface area contributed by atoms with Crippen molar-refractivity contribution in [2.45, 2.75) is 19.4 Å². The molecule has 1 aromatic carbocycles. The molecule has 0 amide bonds. The number of carboxylic acids is 1.